The Morgan fingerprint density at radius 3 is 2.96 bits per heavy atom. The molecule has 1 unspecified atom stereocenters. The van der Waals surface area contributed by atoms with E-state index in [1.54, 1.807) is 17.9 Å². The molecule has 1 heterocycles. The molecule has 0 aromatic heterocycles. The largest absolute Gasteiger partial charge is 0.341 e. The lowest BCUT2D eigenvalue weighted by molar-refractivity contribution is -0.133. The number of urea groups is 1. The number of halogens is 1. The Kier molecular flexibility index (Phi) is 5.92. The molecule has 0 aliphatic carbocycles. The molecule has 1 saturated heterocycles. The summed E-state index contributed by atoms with van der Waals surface area (Å²) < 4.78 is 13.1. The van der Waals surface area contributed by atoms with Gasteiger partial charge >= 0.3 is 6.03 Å². The number of likely N-dealkylation sites (tertiary alicyclic amines) is 1. The Hall–Kier alpha value is -2.15. The van der Waals surface area contributed by atoms with Crippen LogP contribution in [0, 0.1) is 11.7 Å². The zero-order valence-corrected chi connectivity index (χ0v) is 13.2. The van der Waals surface area contributed by atoms with Crippen LogP contribution in [0.1, 0.15) is 19.8 Å². The van der Waals surface area contributed by atoms with Crippen molar-refractivity contribution in [3.63, 3.8) is 0 Å². The Labute approximate surface area is 135 Å². The minimum absolute atomic E-state index is 0.0566. The van der Waals surface area contributed by atoms with Crippen molar-refractivity contribution in [1.29, 1.82) is 0 Å². The maximum Gasteiger partial charge on any atom is 0.319 e. The first kappa shape index (κ1) is 17.2. The highest BCUT2D eigenvalue weighted by atomic mass is 19.1. The van der Waals surface area contributed by atoms with Crippen LogP contribution < -0.4 is 16.4 Å². The summed E-state index contributed by atoms with van der Waals surface area (Å²) >= 11 is 0. The summed E-state index contributed by atoms with van der Waals surface area (Å²) in [7, 11) is 0. The number of amides is 3. The third-order valence-electron chi connectivity index (χ3n) is 3.85. The van der Waals surface area contributed by atoms with Crippen LogP contribution in [0.4, 0.5) is 14.9 Å². The highest BCUT2D eigenvalue weighted by molar-refractivity contribution is 5.89. The van der Waals surface area contributed by atoms with Crippen molar-refractivity contribution in [2.24, 2.45) is 11.7 Å². The van der Waals surface area contributed by atoms with Crippen molar-refractivity contribution in [1.82, 2.24) is 10.2 Å². The predicted octanol–water partition coefficient (Wildman–Crippen LogP) is 1.53. The van der Waals surface area contributed by atoms with Gasteiger partial charge < -0.3 is 21.3 Å². The molecule has 1 aliphatic heterocycles. The van der Waals surface area contributed by atoms with Gasteiger partial charge in [0, 0.05) is 25.3 Å². The molecule has 6 nitrogen and oxygen atoms in total. The van der Waals surface area contributed by atoms with Gasteiger partial charge in [0.2, 0.25) is 5.91 Å². The topological polar surface area (TPSA) is 87.5 Å². The average molecular weight is 322 g/mol. The van der Waals surface area contributed by atoms with Crippen LogP contribution in [-0.4, -0.2) is 42.5 Å². The van der Waals surface area contributed by atoms with Crippen molar-refractivity contribution in [3.8, 4) is 0 Å². The lowest BCUT2D eigenvalue weighted by Gasteiger charge is -2.33. The van der Waals surface area contributed by atoms with Gasteiger partial charge in [0.05, 0.1) is 6.04 Å². The molecular weight excluding hydrogens is 299 g/mol. The molecule has 23 heavy (non-hydrogen) atoms. The van der Waals surface area contributed by atoms with Crippen LogP contribution in [0.2, 0.25) is 0 Å². The lowest BCUT2D eigenvalue weighted by Crippen LogP contribution is -2.49. The molecule has 1 fully saturated rings. The third kappa shape index (κ3) is 5.21. The van der Waals surface area contributed by atoms with Gasteiger partial charge in [-0.05, 0) is 43.9 Å². The monoisotopic (exact) mass is 322 g/mol. The molecule has 0 spiro atoms. The van der Waals surface area contributed by atoms with Gasteiger partial charge in [-0.3, -0.25) is 4.79 Å². The van der Waals surface area contributed by atoms with Crippen LogP contribution in [0.15, 0.2) is 24.3 Å². The van der Waals surface area contributed by atoms with Crippen molar-refractivity contribution in [3.05, 3.63) is 30.1 Å². The molecule has 2 atom stereocenters. The molecule has 1 aromatic rings. The summed E-state index contributed by atoms with van der Waals surface area (Å²) in [4.78, 5) is 25.5. The standard InChI is InChI=1S/C16H23FN4O2/c1-11(18)15(22)21-7-3-4-12(10-21)9-19-16(23)20-14-6-2-5-13(17)8-14/h2,5-6,8,11-12H,3-4,7,9-10,18H2,1H3,(H2,19,20,23)/t11-,12?/m1/s1. The lowest BCUT2D eigenvalue weighted by atomic mass is 9.97. The van der Waals surface area contributed by atoms with E-state index in [1.807, 2.05) is 0 Å². The molecular formula is C16H23FN4O2. The van der Waals surface area contributed by atoms with E-state index in [9.17, 15) is 14.0 Å². The number of benzene rings is 1. The van der Waals surface area contributed by atoms with Crippen molar-refractivity contribution in [2.45, 2.75) is 25.8 Å². The smallest absolute Gasteiger partial charge is 0.319 e. The molecule has 1 aromatic carbocycles. The first-order chi connectivity index (χ1) is 11.0. The molecule has 0 radical (unpaired) electrons. The average Bonchev–Trinajstić information content (AvgIpc) is 2.52. The van der Waals surface area contributed by atoms with E-state index in [1.165, 1.54) is 18.2 Å². The van der Waals surface area contributed by atoms with Gasteiger partial charge in [0.25, 0.3) is 0 Å². The summed E-state index contributed by atoms with van der Waals surface area (Å²) in [5, 5.41) is 5.35. The van der Waals surface area contributed by atoms with Gasteiger partial charge in [0.15, 0.2) is 0 Å². The fourth-order valence-electron chi connectivity index (χ4n) is 2.70. The maximum atomic E-state index is 13.1. The van der Waals surface area contributed by atoms with Gasteiger partial charge in [-0.15, -0.1) is 0 Å². The number of carbonyl (C=O) groups is 2. The summed E-state index contributed by atoms with van der Waals surface area (Å²) in [6.07, 6.45) is 1.85. The zero-order chi connectivity index (χ0) is 16.8. The number of anilines is 1. The number of nitrogens with two attached hydrogens (primary N) is 1. The highest BCUT2D eigenvalue weighted by Gasteiger charge is 2.25. The number of nitrogens with one attached hydrogen (secondary N) is 2. The summed E-state index contributed by atoms with van der Waals surface area (Å²) in [5.41, 5.74) is 6.03. The van der Waals surface area contributed by atoms with E-state index in [4.69, 9.17) is 5.73 Å². The van der Waals surface area contributed by atoms with Crippen LogP contribution in [0.5, 0.6) is 0 Å². The zero-order valence-electron chi connectivity index (χ0n) is 13.2. The summed E-state index contributed by atoms with van der Waals surface area (Å²) in [5.74, 6) is -0.260. The van der Waals surface area contributed by atoms with Crippen molar-refractivity contribution in [2.75, 3.05) is 25.0 Å². The SMILES string of the molecule is C[C@@H](N)C(=O)N1CCCC(CNC(=O)Nc2cccc(F)c2)C1. The Balaban J connectivity index is 1.78. The summed E-state index contributed by atoms with van der Waals surface area (Å²) in [6, 6.07) is 4.83. The Morgan fingerprint density at radius 1 is 1.48 bits per heavy atom. The van der Waals surface area contributed by atoms with E-state index in [0.717, 1.165) is 12.8 Å². The predicted molar refractivity (Wildman–Crippen MR) is 86.4 cm³/mol. The van der Waals surface area contributed by atoms with Crippen molar-refractivity contribution < 1.29 is 14.0 Å². The first-order valence-electron chi connectivity index (χ1n) is 7.80. The molecule has 3 amide bonds. The fourth-order valence-corrected chi connectivity index (χ4v) is 2.70. The normalized spacial score (nSPS) is 19.1. The van der Waals surface area contributed by atoms with Crippen molar-refractivity contribution >= 4 is 17.6 Å². The molecule has 7 heteroatoms. The quantitative estimate of drug-likeness (QED) is 0.785. The Morgan fingerprint density at radius 2 is 2.26 bits per heavy atom. The van der Waals surface area contributed by atoms with Gasteiger partial charge in [0.1, 0.15) is 5.82 Å². The number of carbonyl (C=O) groups excluding carboxylic acids is 2. The van der Waals surface area contributed by atoms with E-state index in [0.29, 0.717) is 25.3 Å². The van der Waals surface area contributed by atoms with Gasteiger partial charge in [-0.1, -0.05) is 6.07 Å². The molecule has 0 saturated carbocycles. The van der Waals surface area contributed by atoms with Crippen LogP contribution in [-0.2, 0) is 4.79 Å². The maximum absolute atomic E-state index is 13.1. The fraction of sp³-hybridized carbons (Fsp3) is 0.500. The van der Waals surface area contributed by atoms with Crippen LogP contribution in [0.3, 0.4) is 0 Å². The number of hydrogen-bond acceptors (Lipinski definition) is 3. The highest BCUT2D eigenvalue weighted by Crippen LogP contribution is 2.16. The summed E-state index contributed by atoms with van der Waals surface area (Å²) in [6.45, 7) is 3.45. The van der Waals surface area contributed by atoms with Crippen LogP contribution in [0.25, 0.3) is 0 Å². The Bertz CT molecular complexity index is 565. The van der Waals surface area contributed by atoms with Gasteiger partial charge in [-0.25, -0.2) is 9.18 Å². The van der Waals surface area contributed by atoms with E-state index in [2.05, 4.69) is 10.6 Å². The van der Waals surface area contributed by atoms with E-state index in [-0.39, 0.29) is 17.9 Å². The number of nitrogens with zero attached hydrogens (tertiary/aromatic N) is 1. The minimum atomic E-state index is -0.502. The first-order valence-corrected chi connectivity index (χ1v) is 7.80. The van der Waals surface area contributed by atoms with E-state index < -0.39 is 11.9 Å². The second kappa shape index (κ2) is 7.92. The second-order valence-corrected chi connectivity index (χ2v) is 5.93. The van der Waals surface area contributed by atoms with Crippen LogP contribution >= 0.6 is 0 Å². The molecule has 0 bridgehead atoms. The third-order valence-corrected chi connectivity index (χ3v) is 3.85. The second-order valence-electron chi connectivity index (χ2n) is 5.93. The number of piperidine rings is 1. The minimum Gasteiger partial charge on any atom is -0.341 e. The molecule has 2 rings (SSSR count). The number of hydrogen-bond donors (Lipinski definition) is 3. The number of rotatable bonds is 4. The molecule has 4 N–H and O–H groups in total. The molecule has 126 valence electrons. The van der Waals surface area contributed by atoms with E-state index >= 15 is 0 Å². The van der Waals surface area contributed by atoms with Gasteiger partial charge in [-0.2, -0.15) is 0 Å². The molecule has 1 aliphatic rings.